The third-order valence-corrected chi connectivity index (χ3v) is 7.77. The summed E-state index contributed by atoms with van der Waals surface area (Å²) in [6.45, 7) is 1.26. The van der Waals surface area contributed by atoms with Gasteiger partial charge in [0, 0.05) is 26.6 Å². The summed E-state index contributed by atoms with van der Waals surface area (Å²) in [7, 11) is -2.57. The Labute approximate surface area is 196 Å². The summed E-state index contributed by atoms with van der Waals surface area (Å²) in [6.07, 6.45) is -0.290. The van der Waals surface area contributed by atoms with Crippen molar-refractivity contribution in [3.05, 3.63) is 63.6 Å². The number of nitrogens with zero attached hydrogens (tertiary/aromatic N) is 2. The van der Waals surface area contributed by atoms with Crippen LogP contribution in [-0.2, 0) is 26.2 Å². The molecule has 32 heavy (non-hydrogen) atoms. The van der Waals surface area contributed by atoms with Crippen molar-refractivity contribution in [3.63, 3.8) is 0 Å². The molecule has 8 nitrogen and oxygen atoms in total. The van der Waals surface area contributed by atoms with Crippen LogP contribution in [0.25, 0.3) is 0 Å². The normalized spacial score (nSPS) is 15.2. The van der Waals surface area contributed by atoms with Crippen molar-refractivity contribution < 1.29 is 22.8 Å². The molecule has 1 atom stereocenters. The first-order valence-electron chi connectivity index (χ1n) is 9.69. The van der Waals surface area contributed by atoms with Gasteiger partial charge in [-0.15, -0.1) is 0 Å². The predicted octanol–water partition coefficient (Wildman–Crippen LogP) is 2.69. The van der Waals surface area contributed by atoms with E-state index in [1.54, 1.807) is 31.2 Å². The number of amides is 3. The lowest BCUT2D eigenvalue weighted by Gasteiger charge is -2.29. The Hall–Kier alpha value is -2.62. The number of hydrogen-bond donors (Lipinski definition) is 1. The predicted molar refractivity (Wildman–Crippen MR) is 120 cm³/mol. The first-order chi connectivity index (χ1) is 15.1. The zero-order valence-corrected chi connectivity index (χ0v) is 19.7. The van der Waals surface area contributed by atoms with Gasteiger partial charge in [-0.05, 0) is 36.8 Å². The second-order valence-electron chi connectivity index (χ2n) is 7.19. The Kier molecular flexibility index (Phi) is 7.12. The van der Waals surface area contributed by atoms with Gasteiger partial charge in [-0.25, -0.2) is 12.7 Å². The first kappa shape index (κ1) is 24.0. The summed E-state index contributed by atoms with van der Waals surface area (Å²) in [5.41, 5.74) is 0.715. The van der Waals surface area contributed by atoms with Crippen LogP contribution in [0.3, 0.4) is 0 Å². The fourth-order valence-electron chi connectivity index (χ4n) is 3.42. The van der Waals surface area contributed by atoms with E-state index in [1.165, 1.54) is 30.1 Å². The number of nitrogens with one attached hydrogen (secondary N) is 1. The third-order valence-electron chi connectivity index (χ3n) is 5.19. The fourth-order valence-corrected chi connectivity index (χ4v) is 5.31. The van der Waals surface area contributed by atoms with Crippen LogP contribution in [0.2, 0.25) is 10.0 Å². The number of fused-ring (bicyclic) bond motifs is 1. The average Bonchev–Trinajstić information content (AvgIpc) is 2.97. The van der Waals surface area contributed by atoms with Crippen molar-refractivity contribution in [2.24, 2.45) is 0 Å². The molecular weight excluding hydrogens is 477 g/mol. The van der Waals surface area contributed by atoms with Crippen LogP contribution in [0, 0.1) is 0 Å². The highest BCUT2D eigenvalue weighted by atomic mass is 35.5. The minimum absolute atomic E-state index is 0.0469. The van der Waals surface area contributed by atoms with Crippen LogP contribution in [0.1, 0.15) is 29.3 Å². The standard InChI is InChI=1S/C21H21Cl2N3O5S/c1-13(20(28)24-2)25(12-14-7-8-16(22)17(23)11-14)19(27)9-10-26-21(29)15-5-3-4-6-18(15)32(26,30)31/h3-8,11,13H,9-10,12H2,1-2H3,(H,24,28)/t13-/m1/s1. The Bertz CT molecular complexity index is 1190. The van der Waals surface area contributed by atoms with Gasteiger partial charge in [0.05, 0.1) is 15.6 Å². The van der Waals surface area contributed by atoms with Crippen LogP contribution in [-0.4, -0.2) is 55.0 Å². The van der Waals surface area contributed by atoms with Gasteiger partial charge in [0.2, 0.25) is 11.8 Å². The summed E-state index contributed by atoms with van der Waals surface area (Å²) in [5, 5.41) is 3.15. The van der Waals surface area contributed by atoms with E-state index >= 15 is 0 Å². The zero-order chi connectivity index (χ0) is 23.6. The lowest BCUT2D eigenvalue weighted by atomic mass is 10.1. The smallest absolute Gasteiger partial charge is 0.269 e. The molecule has 0 aromatic heterocycles. The summed E-state index contributed by atoms with van der Waals surface area (Å²) in [4.78, 5) is 39.1. The molecule has 11 heteroatoms. The molecule has 1 aliphatic rings. The molecule has 170 valence electrons. The Morgan fingerprint density at radius 3 is 2.44 bits per heavy atom. The Morgan fingerprint density at radius 2 is 1.81 bits per heavy atom. The van der Waals surface area contributed by atoms with E-state index in [-0.39, 0.29) is 30.0 Å². The van der Waals surface area contributed by atoms with Crippen molar-refractivity contribution >= 4 is 50.9 Å². The van der Waals surface area contributed by atoms with Gasteiger partial charge in [0.1, 0.15) is 10.9 Å². The number of sulfonamides is 1. The van der Waals surface area contributed by atoms with Crippen molar-refractivity contribution in [2.45, 2.75) is 30.8 Å². The number of hydrogen-bond acceptors (Lipinski definition) is 5. The molecule has 0 radical (unpaired) electrons. The average molecular weight is 498 g/mol. The molecular formula is C21H21Cl2N3O5S. The molecule has 3 rings (SSSR count). The molecule has 2 aromatic carbocycles. The van der Waals surface area contributed by atoms with Gasteiger partial charge in [0.15, 0.2) is 0 Å². The number of carbonyl (C=O) groups excluding carboxylic acids is 3. The number of halogens is 2. The van der Waals surface area contributed by atoms with Crippen molar-refractivity contribution in [3.8, 4) is 0 Å². The van der Waals surface area contributed by atoms with E-state index in [1.807, 2.05) is 0 Å². The van der Waals surface area contributed by atoms with E-state index in [2.05, 4.69) is 5.32 Å². The van der Waals surface area contributed by atoms with Crippen LogP contribution in [0.5, 0.6) is 0 Å². The number of benzene rings is 2. The van der Waals surface area contributed by atoms with E-state index in [0.29, 0.717) is 19.9 Å². The molecule has 0 bridgehead atoms. The molecule has 0 unspecified atom stereocenters. The molecule has 1 heterocycles. The summed E-state index contributed by atoms with van der Waals surface area (Å²) in [6, 6.07) is 9.90. The summed E-state index contributed by atoms with van der Waals surface area (Å²) >= 11 is 12.0. The first-order valence-corrected chi connectivity index (χ1v) is 11.9. The third kappa shape index (κ3) is 4.60. The highest BCUT2D eigenvalue weighted by molar-refractivity contribution is 7.90. The maximum atomic E-state index is 13.1. The van der Waals surface area contributed by atoms with E-state index in [4.69, 9.17) is 23.2 Å². The van der Waals surface area contributed by atoms with Crippen LogP contribution < -0.4 is 5.32 Å². The number of likely N-dealkylation sites (N-methyl/N-ethyl adjacent to an activating group) is 1. The van der Waals surface area contributed by atoms with Gasteiger partial charge >= 0.3 is 0 Å². The van der Waals surface area contributed by atoms with Crippen LogP contribution >= 0.6 is 23.2 Å². The van der Waals surface area contributed by atoms with Gasteiger partial charge in [0.25, 0.3) is 15.9 Å². The van der Waals surface area contributed by atoms with E-state index in [0.717, 1.165) is 0 Å². The van der Waals surface area contributed by atoms with Gasteiger partial charge in [-0.3, -0.25) is 14.4 Å². The minimum atomic E-state index is -4.03. The Morgan fingerprint density at radius 1 is 1.12 bits per heavy atom. The lowest BCUT2D eigenvalue weighted by Crippen LogP contribution is -2.47. The second-order valence-corrected chi connectivity index (χ2v) is 9.83. The molecule has 0 spiro atoms. The SMILES string of the molecule is CNC(=O)[C@@H](C)N(Cc1ccc(Cl)c(Cl)c1)C(=O)CCN1C(=O)c2ccccc2S1(=O)=O. The van der Waals surface area contributed by atoms with Gasteiger partial charge in [-0.2, -0.15) is 0 Å². The molecule has 0 aliphatic carbocycles. The largest absolute Gasteiger partial charge is 0.357 e. The van der Waals surface area contributed by atoms with Crippen molar-refractivity contribution in [1.82, 2.24) is 14.5 Å². The number of rotatable bonds is 7. The van der Waals surface area contributed by atoms with Crippen molar-refractivity contribution in [1.29, 1.82) is 0 Å². The monoisotopic (exact) mass is 497 g/mol. The maximum absolute atomic E-state index is 13.1. The highest BCUT2D eigenvalue weighted by Gasteiger charge is 2.41. The molecule has 0 fully saturated rings. The fraction of sp³-hybridized carbons (Fsp3) is 0.286. The molecule has 2 aromatic rings. The molecule has 1 aliphatic heterocycles. The minimum Gasteiger partial charge on any atom is -0.357 e. The quantitative estimate of drug-likeness (QED) is 0.633. The topological polar surface area (TPSA) is 104 Å². The molecule has 0 saturated heterocycles. The summed E-state index contributed by atoms with van der Waals surface area (Å²) in [5.74, 6) is -1.56. The summed E-state index contributed by atoms with van der Waals surface area (Å²) < 4.78 is 26.1. The van der Waals surface area contributed by atoms with Crippen LogP contribution in [0.4, 0.5) is 0 Å². The molecule has 1 N–H and O–H groups in total. The van der Waals surface area contributed by atoms with E-state index in [9.17, 15) is 22.8 Å². The number of carbonyl (C=O) groups is 3. The van der Waals surface area contributed by atoms with Crippen LogP contribution in [0.15, 0.2) is 47.4 Å². The highest BCUT2D eigenvalue weighted by Crippen LogP contribution is 2.30. The zero-order valence-electron chi connectivity index (χ0n) is 17.3. The maximum Gasteiger partial charge on any atom is 0.269 e. The second kappa shape index (κ2) is 9.48. The lowest BCUT2D eigenvalue weighted by molar-refractivity contribution is -0.140. The van der Waals surface area contributed by atoms with Gasteiger partial charge in [-0.1, -0.05) is 41.4 Å². The Balaban J connectivity index is 1.80. The van der Waals surface area contributed by atoms with Crippen molar-refractivity contribution in [2.75, 3.05) is 13.6 Å². The molecule has 0 saturated carbocycles. The molecule has 3 amide bonds. The van der Waals surface area contributed by atoms with E-state index < -0.39 is 33.8 Å². The van der Waals surface area contributed by atoms with Gasteiger partial charge < -0.3 is 10.2 Å².